The molecule has 8 heteroatoms. The molecule has 0 aromatic heterocycles. The van der Waals surface area contributed by atoms with E-state index in [2.05, 4.69) is 5.32 Å². The molecule has 0 aliphatic rings. The summed E-state index contributed by atoms with van der Waals surface area (Å²) in [4.78, 5) is -0.805. The Bertz CT molecular complexity index is 538. The van der Waals surface area contributed by atoms with Gasteiger partial charge < -0.3 is 10.4 Å². The fourth-order valence-corrected chi connectivity index (χ4v) is 2.26. The van der Waals surface area contributed by atoms with Crippen molar-refractivity contribution in [3.63, 3.8) is 0 Å². The molecule has 0 saturated carbocycles. The molecule has 0 unspecified atom stereocenters. The van der Waals surface area contributed by atoms with E-state index in [0.717, 1.165) is 12.1 Å². The van der Waals surface area contributed by atoms with Gasteiger partial charge in [-0.2, -0.15) is 13.2 Å². The van der Waals surface area contributed by atoms with E-state index in [1.54, 1.807) is 0 Å². The Morgan fingerprint density at radius 1 is 1.20 bits per heavy atom. The molecule has 0 radical (unpaired) electrons. The quantitative estimate of drug-likeness (QED) is 0.876. The first-order valence-electron chi connectivity index (χ1n) is 5.88. The lowest BCUT2D eigenvalue weighted by atomic mass is 10.1. The molecule has 0 aliphatic carbocycles. The second-order valence-corrected chi connectivity index (χ2v) is 6.59. The van der Waals surface area contributed by atoms with Gasteiger partial charge in [-0.15, -0.1) is 0 Å². The number of nitrogens with one attached hydrogen (secondary N) is 1. The maximum atomic E-state index is 12.4. The van der Waals surface area contributed by atoms with E-state index < -0.39 is 20.2 Å². The van der Waals surface area contributed by atoms with Crippen molar-refractivity contribution in [2.45, 2.75) is 30.3 Å². The molecule has 0 heterocycles. The van der Waals surface area contributed by atoms with Crippen LogP contribution in [0.2, 0.25) is 0 Å². The predicted octanol–water partition coefficient (Wildman–Crippen LogP) is 2.41. The predicted molar refractivity (Wildman–Crippen MR) is 69.0 cm³/mol. The number of hydrogen-bond donors (Lipinski definition) is 2. The Balaban J connectivity index is 2.96. The topological polar surface area (TPSA) is 66.4 Å². The van der Waals surface area contributed by atoms with Crippen LogP contribution in [0.4, 0.5) is 18.9 Å². The Kier molecular flexibility index (Phi) is 5.04. The van der Waals surface area contributed by atoms with Gasteiger partial charge in [0, 0.05) is 5.69 Å². The summed E-state index contributed by atoms with van der Waals surface area (Å²) in [7, 11) is -5.32. The summed E-state index contributed by atoms with van der Waals surface area (Å²) in [6, 6.07) is 3.99. The van der Waals surface area contributed by atoms with Crippen LogP contribution in [0.1, 0.15) is 13.8 Å². The number of aliphatic hydroxyl groups excluding tert-OH is 1. The van der Waals surface area contributed by atoms with Crippen molar-refractivity contribution < 1.29 is 26.7 Å². The Morgan fingerprint density at radius 3 is 2.05 bits per heavy atom. The summed E-state index contributed by atoms with van der Waals surface area (Å²) in [5, 5.41) is 12.1. The molecule has 1 rings (SSSR count). The third kappa shape index (κ3) is 3.63. The highest BCUT2D eigenvalue weighted by atomic mass is 32.2. The van der Waals surface area contributed by atoms with Crippen LogP contribution in [-0.4, -0.2) is 31.7 Å². The number of alkyl halides is 3. The molecule has 4 nitrogen and oxygen atoms in total. The molecular weight excluding hydrogens is 295 g/mol. The highest BCUT2D eigenvalue weighted by molar-refractivity contribution is 7.92. The summed E-state index contributed by atoms with van der Waals surface area (Å²) in [5.41, 5.74) is -4.87. The molecule has 0 amide bonds. The maximum Gasteiger partial charge on any atom is 0.501 e. The highest BCUT2D eigenvalue weighted by Crippen LogP contribution is 2.30. The largest absolute Gasteiger partial charge is 0.501 e. The Morgan fingerprint density at radius 2 is 1.70 bits per heavy atom. The van der Waals surface area contributed by atoms with Crippen LogP contribution >= 0.6 is 0 Å². The lowest BCUT2D eigenvalue weighted by Crippen LogP contribution is -2.29. The molecule has 114 valence electrons. The van der Waals surface area contributed by atoms with Crippen LogP contribution in [0.15, 0.2) is 29.2 Å². The Hall–Kier alpha value is -1.28. The summed E-state index contributed by atoms with van der Waals surface area (Å²) < 4.78 is 59.4. The number of rotatable bonds is 5. The number of halogens is 3. The lowest BCUT2D eigenvalue weighted by molar-refractivity contribution is -0.0436. The third-order valence-corrected chi connectivity index (χ3v) is 4.33. The van der Waals surface area contributed by atoms with Gasteiger partial charge in [-0.25, -0.2) is 8.42 Å². The van der Waals surface area contributed by atoms with E-state index >= 15 is 0 Å². The molecule has 0 spiro atoms. The number of aliphatic hydroxyl groups is 1. The molecular formula is C12H16F3NO3S. The number of sulfone groups is 1. The van der Waals surface area contributed by atoms with E-state index in [0.29, 0.717) is 5.69 Å². The maximum absolute atomic E-state index is 12.4. The van der Waals surface area contributed by atoms with Crippen LogP contribution in [0.25, 0.3) is 0 Å². The van der Waals surface area contributed by atoms with Crippen molar-refractivity contribution in [2.24, 2.45) is 5.92 Å². The zero-order chi connectivity index (χ0) is 15.6. The van der Waals surface area contributed by atoms with Crippen molar-refractivity contribution in [1.82, 2.24) is 0 Å². The van der Waals surface area contributed by atoms with Crippen molar-refractivity contribution in [3.8, 4) is 0 Å². The zero-order valence-corrected chi connectivity index (χ0v) is 11.8. The third-order valence-electron chi connectivity index (χ3n) is 2.82. The van der Waals surface area contributed by atoms with E-state index in [9.17, 15) is 21.6 Å². The SMILES string of the molecule is CC(C)[C@@H](CO)Nc1ccc(S(=O)(=O)C(F)(F)F)cc1. The molecule has 1 atom stereocenters. The summed E-state index contributed by atoms with van der Waals surface area (Å²) >= 11 is 0. The normalized spacial score (nSPS) is 14.3. The van der Waals surface area contributed by atoms with Crippen LogP contribution in [0.5, 0.6) is 0 Å². The van der Waals surface area contributed by atoms with Gasteiger partial charge in [0.05, 0.1) is 17.5 Å². The standard InChI is InChI=1S/C12H16F3NO3S/c1-8(2)11(7-17)16-9-3-5-10(6-4-9)20(18,19)12(13,14)15/h3-6,8,11,16-17H,7H2,1-2H3/t11-/m1/s1. The second-order valence-electron chi connectivity index (χ2n) is 4.65. The van der Waals surface area contributed by atoms with Gasteiger partial charge in [0.15, 0.2) is 0 Å². The van der Waals surface area contributed by atoms with E-state index in [1.165, 1.54) is 12.1 Å². The lowest BCUT2D eigenvalue weighted by Gasteiger charge is -2.21. The van der Waals surface area contributed by atoms with E-state index in [1.807, 2.05) is 13.8 Å². The van der Waals surface area contributed by atoms with Gasteiger partial charge in [0.25, 0.3) is 9.84 Å². The summed E-state index contributed by atoms with van der Waals surface area (Å²) in [6.45, 7) is 3.60. The van der Waals surface area contributed by atoms with Gasteiger partial charge in [0.2, 0.25) is 0 Å². The van der Waals surface area contributed by atoms with Gasteiger partial charge in [-0.05, 0) is 30.2 Å². The molecule has 0 aliphatic heterocycles. The molecule has 0 fully saturated rings. The van der Waals surface area contributed by atoms with Crippen molar-refractivity contribution in [3.05, 3.63) is 24.3 Å². The van der Waals surface area contributed by atoms with Crippen molar-refractivity contribution in [2.75, 3.05) is 11.9 Å². The molecule has 1 aromatic rings. The van der Waals surface area contributed by atoms with Crippen LogP contribution < -0.4 is 5.32 Å². The van der Waals surface area contributed by atoms with Gasteiger partial charge in [0.1, 0.15) is 0 Å². The first-order chi connectivity index (χ1) is 9.09. The van der Waals surface area contributed by atoms with Gasteiger partial charge in [-0.1, -0.05) is 13.8 Å². The van der Waals surface area contributed by atoms with E-state index in [-0.39, 0.29) is 18.6 Å². The highest BCUT2D eigenvalue weighted by Gasteiger charge is 2.46. The first kappa shape index (κ1) is 16.8. The molecule has 1 aromatic carbocycles. The summed E-state index contributed by atoms with van der Waals surface area (Å²) in [6.07, 6.45) is 0. The first-order valence-corrected chi connectivity index (χ1v) is 7.36. The van der Waals surface area contributed by atoms with Gasteiger partial charge in [-0.3, -0.25) is 0 Å². The Labute approximate surface area is 115 Å². The second kappa shape index (κ2) is 6.01. The molecule has 2 N–H and O–H groups in total. The minimum Gasteiger partial charge on any atom is -0.394 e. The zero-order valence-electron chi connectivity index (χ0n) is 11.0. The minimum atomic E-state index is -5.32. The van der Waals surface area contributed by atoms with Crippen LogP contribution in [0.3, 0.4) is 0 Å². The van der Waals surface area contributed by atoms with Crippen LogP contribution in [-0.2, 0) is 9.84 Å². The monoisotopic (exact) mass is 311 g/mol. The van der Waals surface area contributed by atoms with Crippen molar-refractivity contribution >= 4 is 15.5 Å². The average molecular weight is 311 g/mol. The van der Waals surface area contributed by atoms with Crippen molar-refractivity contribution in [1.29, 1.82) is 0 Å². The number of anilines is 1. The number of benzene rings is 1. The summed E-state index contributed by atoms with van der Waals surface area (Å²) in [5.74, 6) is 0.110. The number of hydrogen-bond acceptors (Lipinski definition) is 4. The molecule has 20 heavy (non-hydrogen) atoms. The fourth-order valence-electron chi connectivity index (χ4n) is 1.50. The minimum absolute atomic E-state index is 0.110. The smallest absolute Gasteiger partial charge is 0.394 e. The van der Waals surface area contributed by atoms with Gasteiger partial charge >= 0.3 is 5.51 Å². The van der Waals surface area contributed by atoms with Crippen LogP contribution in [0, 0.1) is 5.92 Å². The average Bonchev–Trinajstić information content (AvgIpc) is 2.34. The molecule has 0 bridgehead atoms. The fraction of sp³-hybridized carbons (Fsp3) is 0.500. The molecule has 0 saturated heterocycles. The van der Waals surface area contributed by atoms with E-state index in [4.69, 9.17) is 5.11 Å².